The maximum Gasteiger partial charge on any atom is 0.0951 e. The summed E-state index contributed by atoms with van der Waals surface area (Å²) in [6.45, 7) is 9.39. The molecule has 1 aromatic carbocycles. The third-order valence-corrected chi connectivity index (χ3v) is 6.95. The van der Waals surface area contributed by atoms with Crippen LogP contribution in [0.5, 0.6) is 0 Å². The molecule has 2 atom stereocenters. The Morgan fingerprint density at radius 2 is 1.35 bits per heavy atom. The van der Waals surface area contributed by atoms with Crippen molar-refractivity contribution in [1.29, 1.82) is 0 Å². The fourth-order valence-electron chi connectivity index (χ4n) is 5.07. The molecule has 0 amide bonds. The van der Waals surface area contributed by atoms with E-state index in [0.29, 0.717) is 17.9 Å². The average Bonchev–Trinajstić information content (AvgIpc) is 3.30. The van der Waals surface area contributed by atoms with Crippen molar-refractivity contribution in [3.8, 4) is 0 Å². The maximum absolute atomic E-state index is 4.30. The van der Waals surface area contributed by atoms with Crippen LogP contribution in [0, 0.1) is 5.92 Å². The first-order chi connectivity index (χ1) is 15.2. The number of hydrogen-bond donors (Lipinski definition) is 0. The van der Waals surface area contributed by atoms with Crippen LogP contribution in [0.4, 0.5) is 0 Å². The van der Waals surface area contributed by atoms with Gasteiger partial charge in [0.15, 0.2) is 0 Å². The highest BCUT2D eigenvalue weighted by atomic mass is 15.0. The molecule has 0 N–H and O–H groups in total. The molecule has 0 saturated heterocycles. The van der Waals surface area contributed by atoms with Crippen molar-refractivity contribution < 1.29 is 0 Å². The molecule has 1 unspecified atom stereocenters. The van der Waals surface area contributed by atoms with Crippen LogP contribution in [0.15, 0.2) is 43.0 Å². The Kier molecular flexibility index (Phi) is 12.7. The molecule has 0 bridgehead atoms. The van der Waals surface area contributed by atoms with Crippen LogP contribution in [-0.2, 0) is 0 Å². The fraction of sp³-hybridized carbons (Fsp3) is 0.690. The van der Waals surface area contributed by atoms with E-state index in [1.807, 2.05) is 12.5 Å². The Morgan fingerprint density at radius 3 is 1.87 bits per heavy atom. The molecule has 2 nitrogen and oxygen atoms in total. The molecule has 1 aromatic heterocycles. The summed E-state index contributed by atoms with van der Waals surface area (Å²) in [5.74, 6) is 1.32. The molecule has 0 aliphatic rings. The lowest BCUT2D eigenvalue weighted by atomic mass is 9.80. The quantitative estimate of drug-likeness (QED) is 0.231. The van der Waals surface area contributed by atoms with Crippen molar-refractivity contribution >= 4 is 0 Å². The largest absolute Gasteiger partial charge is 0.330 e. The van der Waals surface area contributed by atoms with E-state index >= 15 is 0 Å². The van der Waals surface area contributed by atoms with E-state index in [0.717, 1.165) is 6.42 Å². The summed E-state index contributed by atoms with van der Waals surface area (Å²) >= 11 is 0. The molecular weight excluding hydrogens is 376 g/mol. The molecule has 2 rings (SSSR count). The van der Waals surface area contributed by atoms with Crippen LogP contribution >= 0.6 is 0 Å². The van der Waals surface area contributed by atoms with Crippen molar-refractivity contribution in [3.05, 3.63) is 54.1 Å². The summed E-state index contributed by atoms with van der Waals surface area (Å²) in [5.41, 5.74) is 3.05. The van der Waals surface area contributed by atoms with Gasteiger partial charge in [-0.15, -0.1) is 0 Å². The Hall–Kier alpha value is -1.57. The average molecular weight is 425 g/mol. The summed E-state index contributed by atoms with van der Waals surface area (Å²) in [4.78, 5) is 4.30. The first-order valence-corrected chi connectivity index (χ1v) is 13.2. The lowest BCUT2D eigenvalue weighted by Crippen LogP contribution is -2.15. The van der Waals surface area contributed by atoms with Gasteiger partial charge in [-0.2, -0.15) is 0 Å². The highest BCUT2D eigenvalue weighted by molar-refractivity contribution is 5.34. The molecule has 0 spiro atoms. The smallest absolute Gasteiger partial charge is 0.0951 e. The predicted octanol–water partition coefficient (Wildman–Crippen LogP) is 9.32. The third-order valence-electron chi connectivity index (χ3n) is 6.95. The highest BCUT2D eigenvalue weighted by Gasteiger charge is 2.22. The summed E-state index contributed by atoms with van der Waals surface area (Å²) in [7, 11) is 0. The van der Waals surface area contributed by atoms with Crippen molar-refractivity contribution in [2.75, 3.05) is 0 Å². The zero-order chi connectivity index (χ0) is 22.3. The third kappa shape index (κ3) is 8.83. The molecule has 0 saturated carbocycles. The van der Waals surface area contributed by atoms with Crippen molar-refractivity contribution in [2.24, 2.45) is 5.92 Å². The maximum atomic E-state index is 4.30. The second-order valence-electron chi connectivity index (χ2n) is 9.74. The minimum Gasteiger partial charge on any atom is -0.330 e. The Labute approximate surface area is 192 Å². The molecular formula is C29H48N2. The summed E-state index contributed by atoms with van der Waals surface area (Å²) in [5, 5.41) is 0. The van der Waals surface area contributed by atoms with Crippen molar-refractivity contribution in [1.82, 2.24) is 9.55 Å². The van der Waals surface area contributed by atoms with Gasteiger partial charge in [0.2, 0.25) is 0 Å². The van der Waals surface area contributed by atoms with E-state index in [-0.39, 0.29) is 0 Å². The summed E-state index contributed by atoms with van der Waals surface area (Å²) < 4.78 is 2.28. The van der Waals surface area contributed by atoms with E-state index < -0.39 is 0 Å². The standard InChI is InChI=1S/C29H48N2/c1-5-7-8-9-10-11-12-13-14-15-16-19-26(25(3)4)27-20-17-18-21-28(27)29(6-2)31-23-22-30-24-31/h17-18,20-26,29H,5-16,19H2,1-4H3/t26-,29?/m0/s1. The predicted molar refractivity (Wildman–Crippen MR) is 136 cm³/mol. The number of hydrogen-bond acceptors (Lipinski definition) is 1. The highest BCUT2D eigenvalue weighted by Crippen LogP contribution is 2.36. The lowest BCUT2D eigenvalue weighted by Gasteiger charge is -2.28. The van der Waals surface area contributed by atoms with E-state index in [2.05, 4.69) is 67.7 Å². The van der Waals surface area contributed by atoms with Crippen LogP contribution in [0.3, 0.4) is 0 Å². The topological polar surface area (TPSA) is 17.8 Å². The van der Waals surface area contributed by atoms with E-state index in [9.17, 15) is 0 Å². The molecule has 1 heterocycles. The number of rotatable bonds is 17. The van der Waals surface area contributed by atoms with Gasteiger partial charge in [0.1, 0.15) is 0 Å². The van der Waals surface area contributed by atoms with Crippen molar-refractivity contribution in [2.45, 2.75) is 123 Å². The fourth-order valence-corrected chi connectivity index (χ4v) is 5.07. The minimum absolute atomic E-state index is 0.386. The molecule has 0 aliphatic heterocycles. The molecule has 2 aromatic rings. The number of aromatic nitrogens is 2. The zero-order valence-corrected chi connectivity index (χ0v) is 20.9. The number of benzene rings is 1. The Morgan fingerprint density at radius 1 is 0.774 bits per heavy atom. The lowest BCUT2D eigenvalue weighted by molar-refractivity contribution is 0.432. The first kappa shape index (κ1) is 25.7. The molecule has 2 heteroatoms. The number of unbranched alkanes of at least 4 members (excludes halogenated alkanes) is 10. The summed E-state index contributed by atoms with van der Waals surface area (Å²) in [6, 6.07) is 9.56. The van der Waals surface area contributed by atoms with Gasteiger partial charge in [-0.25, -0.2) is 4.98 Å². The Balaban J connectivity index is 1.83. The monoisotopic (exact) mass is 424 g/mol. The van der Waals surface area contributed by atoms with E-state index in [1.54, 1.807) is 5.56 Å². The molecule has 0 fully saturated rings. The van der Waals surface area contributed by atoms with Gasteiger partial charge in [-0.1, -0.05) is 123 Å². The second kappa shape index (κ2) is 15.3. The van der Waals surface area contributed by atoms with Gasteiger partial charge >= 0.3 is 0 Å². The SMILES string of the molecule is CCCCCCCCCCCCC[C@H](c1ccccc1C(CC)n1ccnc1)C(C)C. The van der Waals surface area contributed by atoms with Gasteiger partial charge in [-0.3, -0.25) is 0 Å². The minimum atomic E-state index is 0.386. The van der Waals surface area contributed by atoms with Crippen LogP contribution in [-0.4, -0.2) is 9.55 Å². The normalized spacial score (nSPS) is 13.6. The van der Waals surface area contributed by atoms with E-state index in [4.69, 9.17) is 0 Å². The van der Waals surface area contributed by atoms with Gasteiger partial charge in [0, 0.05) is 12.4 Å². The van der Waals surface area contributed by atoms with Gasteiger partial charge in [0.05, 0.1) is 12.4 Å². The molecule has 31 heavy (non-hydrogen) atoms. The van der Waals surface area contributed by atoms with E-state index in [1.165, 1.54) is 82.6 Å². The molecule has 174 valence electrons. The summed E-state index contributed by atoms with van der Waals surface area (Å²) in [6.07, 6.45) is 23.9. The van der Waals surface area contributed by atoms with Crippen LogP contribution in [0.1, 0.15) is 134 Å². The first-order valence-electron chi connectivity index (χ1n) is 13.2. The van der Waals surface area contributed by atoms with Crippen LogP contribution in [0.25, 0.3) is 0 Å². The molecule has 0 aliphatic carbocycles. The Bertz CT molecular complexity index is 674. The number of nitrogens with zero attached hydrogens (tertiary/aromatic N) is 2. The zero-order valence-electron chi connectivity index (χ0n) is 20.9. The van der Waals surface area contributed by atoms with Gasteiger partial charge < -0.3 is 4.57 Å². The van der Waals surface area contributed by atoms with Crippen LogP contribution in [0.2, 0.25) is 0 Å². The van der Waals surface area contributed by atoms with Gasteiger partial charge in [0.25, 0.3) is 0 Å². The molecule has 0 radical (unpaired) electrons. The van der Waals surface area contributed by atoms with Crippen molar-refractivity contribution in [3.63, 3.8) is 0 Å². The number of imidazole rings is 1. The second-order valence-corrected chi connectivity index (χ2v) is 9.74. The van der Waals surface area contributed by atoms with Gasteiger partial charge in [-0.05, 0) is 35.8 Å². The van der Waals surface area contributed by atoms with Crippen LogP contribution < -0.4 is 0 Å².